The summed E-state index contributed by atoms with van der Waals surface area (Å²) in [5.74, 6) is -4.22. The predicted octanol–water partition coefficient (Wildman–Crippen LogP) is 4.23. The van der Waals surface area contributed by atoms with Crippen LogP contribution in [0.2, 0.25) is 0 Å². The Morgan fingerprint density at radius 2 is 1.83 bits per heavy atom. The molecule has 0 unspecified atom stereocenters. The normalized spacial score (nSPS) is 18.5. The van der Waals surface area contributed by atoms with Crippen molar-refractivity contribution in [2.24, 2.45) is 11.8 Å². The molecule has 186 valence electrons. The maximum atomic E-state index is 14.3. The van der Waals surface area contributed by atoms with Crippen molar-refractivity contribution >= 4 is 27.8 Å². The zero-order valence-corrected chi connectivity index (χ0v) is 19.9. The third-order valence-corrected chi connectivity index (χ3v) is 6.94. The maximum absolute atomic E-state index is 14.3. The summed E-state index contributed by atoms with van der Waals surface area (Å²) in [5.41, 5.74) is 11.2. The number of nitriles is 1. The highest BCUT2D eigenvalue weighted by atomic mass is 19.3. The molecule has 7 nitrogen and oxygen atoms in total. The first kappa shape index (κ1) is 24.1. The smallest absolute Gasteiger partial charge is 0.258 e. The molecule has 1 aliphatic rings. The summed E-state index contributed by atoms with van der Waals surface area (Å²) >= 11 is 0. The van der Waals surface area contributed by atoms with Crippen LogP contribution in [0, 0.1) is 23.2 Å². The van der Waals surface area contributed by atoms with E-state index in [0.29, 0.717) is 41.8 Å². The van der Waals surface area contributed by atoms with Gasteiger partial charge in [-0.15, -0.1) is 0 Å². The van der Waals surface area contributed by atoms with E-state index in [0.717, 1.165) is 22.1 Å². The van der Waals surface area contributed by atoms with Crippen LogP contribution >= 0.6 is 0 Å². The minimum absolute atomic E-state index is 0.00643. The Morgan fingerprint density at radius 1 is 1.11 bits per heavy atom. The van der Waals surface area contributed by atoms with Crippen molar-refractivity contribution in [1.29, 1.82) is 5.26 Å². The fourth-order valence-corrected chi connectivity index (χ4v) is 4.87. The van der Waals surface area contributed by atoms with Crippen LogP contribution in [0.4, 0.5) is 14.6 Å². The van der Waals surface area contributed by atoms with Crippen LogP contribution in [0.15, 0.2) is 42.5 Å². The van der Waals surface area contributed by atoms with Gasteiger partial charge in [-0.2, -0.15) is 5.26 Å². The molecule has 1 aliphatic carbocycles. The zero-order valence-electron chi connectivity index (χ0n) is 19.9. The van der Waals surface area contributed by atoms with Gasteiger partial charge in [-0.3, -0.25) is 0 Å². The number of nitrogens with two attached hydrogens (primary N) is 1. The molecular weight excluding hydrogens is 464 g/mol. The lowest BCUT2D eigenvalue weighted by molar-refractivity contribution is 0.0697. The van der Waals surface area contributed by atoms with Gasteiger partial charge in [-0.25, -0.2) is 18.7 Å². The lowest BCUT2D eigenvalue weighted by Gasteiger charge is -2.12. The lowest BCUT2D eigenvalue weighted by Crippen LogP contribution is -2.10. The average Bonchev–Trinajstić information content (AvgIpc) is 3.19. The molecule has 9 heteroatoms. The second-order valence-corrected chi connectivity index (χ2v) is 9.22. The minimum Gasteiger partial charge on any atom is -0.396 e. The second kappa shape index (κ2) is 9.45. The van der Waals surface area contributed by atoms with Gasteiger partial charge in [0.1, 0.15) is 17.9 Å². The Bertz CT molecular complexity index is 1460. The summed E-state index contributed by atoms with van der Waals surface area (Å²) in [6.45, 7) is 1.92. The quantitative estimate of drug-likeness (QED) is 0.363. The van der Waals surface area contributed by atoms with Crippen molar-refractivity contribution in [3.8, 4) is 6.07 Å². The Hall–Kier alpha value is -3.61. The molecule has 0 radical (unpaired) electrons. The van der Waals surface area contributed by atoms with Gasteiger partial charge in [0, 0.05) is 18.5 Å². The summed E-state index contributed by atoms with van der Waals surface area (Å²) in [5, 5.41) is 19.0. The van der Waals surface area contributed by atoms with E-state index in [4.69, 9.17) is 15.7 Å². The van der Waals surface area contributed by atoms with Crippen LogP contribution in [0.5, 0.6) is 0 Å². The fraction of sp³-hybridized carbons (Fsp3) is 0.370. The molecule has 0 spiro atoms. The van der Waals surface area contributed by atoms with Crippen LogP contribution in [0.3, 0.4) is 0 Å². The van der Waals surface area contributed by atoms with E-state index in [-0.39, 0.29) is 19.0 Å². The van der Waals surface area contributed by atoms with Crippen LogP contribution < -0.4 is 5.73 Å². The van der Waals surface area contributed by atoms with Crippen LogP contribution in [0.25, 0.3) is 21.9 Å². The Labute approximate surface area is 207 Å². The van der Waals surface area contributed by atoms with Gasteiger partial charge in [-0.1, -0.05) is 36.4 Å². The first-order valence-electron chi connectivity index (χ1n) is 12.0. The standard InChI is InChI=1S/C27H27F2N5O2/c1-2-36-15-23-33-24-25(34(23)13-20-21(14-35)27(20,28)29)19-8-7-18(12-22(19)32-26(24)31)11-17-5-3-16(4-6-17)9-10-30/h3-8,12,20-21,35H,2,9,11,13-15H2,1H3,(H2,31,32)/t20-,21+/m1/s1. The van der Waals surface area contributed by atoms with E-state index in [2.05, 4.69) is 16.0 Å². The highest BCUT2D eigenvalue weighted by Gasteiger charge is 2.67. The number of nitrogen functional groups attached to an aromatic ring is 1. The van der Waals surface area contributed by atoms with Gasteiger partial charge in [0.2, 0.25) is 0 Å². The van der Waals surface area contributed by atoms with Gasteiger partial charge in [0.05, 0.1) is 42.0 Å². The van der Waals surface area contributed by atoms with Crippen molar-refractivity contribution in [3.05, 3.63) is 65.0 Å². The highest BCUT2D eigenvalue weighted by molar-refractivity contribution is 6.06. The third kappa shape index (κ3) is 4.27. The Kier molecular flexibility index (Phi) is 6.33. The number of alkyl halides is 2. The number of nitrogens with zero attached hydrogens (tertiary/aromatic N) is 4. The monoisotopic (exact) mass is 491 g/mol. The Balaban J connectivity index is 1.55. The van der Waals surface area contributed by atoms with Gasteiger partial charge < -0.3 is 20.1 Å². The van der Waals surface area contributed by atoms with E-state index in [9.17, 15) is 13.9 Å². The summed E-state index contributed by atoms with van der Waals surface area (Å²) < 4.78 is 35.9. The van der Waals surface area contributed by atoms with Crippen LogP contribution in [-0.4, -0.2) is 38.8 Å². The van der Waals surface area contributed by atoms with Gasteiger partial charge in [0.15, 0.2) is 5.82 Å². The number of ether oxygens (including phenoxy) is 1. The van der Waals surface area contributed by atoms with E-state index >= 15 is 0 Å². The number of fused-ring (bicyclic) bond motifs is 3. The topological polar surface area (TPSA) is 110 Å². The SMILES string of the molecule is CCOCc1nc2c(N)nc3cc(Cc4ccc(CC#N)cc4)ccc3c2n1C[C@@H]1[C@H](CO)C1(F)F. The van der Waals surface area contributed by atoms with Crippen LogP contribution in [0.1, 0.15) is 29.4 Å². The molecule has 36 heavy (non-hydrogen) atoms. The number of aromatic nitrogens is 3. The molecule has 0 amide bonds. The molecule has 1 fully saturated rings. The van der Waals surface area contributed by atoms with Crippen molar-refractivity contribution in [1.82, 2.24) is 14.5 Å². The molecule has 2 aromatic heterocycles. The number of halogens is 2. The number of imidazole rings is 1. The molecule has 2 heterocycles. The lowest BCUT2D eigenvalue weighted by atomic mass is 10.0. The van der Waals surface area contributed by atoms with E-state index < -0.39 is 24.4 Å². The first-order valence-corrected chi connectivity index (χ1v) is 12.0. The number of pyridine rings is 1. The van der Waals surface area contributed by atoms with E-state index in [1.54, 1.807) is 4.57 Å². The molecule has 5 rings (SSSR count). The predicted molar refractivity (Wildman–Crippen MR) is 132 cm³/mol. The molecule has 3 N–H and O–H groups in total. The average molecular weight is 492 g/mol. The number of hydrogen-bond acceptors (Lipinski definition) is 6. The fourth-order valence-electron chi connectivity index (χ4n) is 4.87. The van der Waals surface area contributed by atoms with Crippen LogP contribution in [-0.2, 0) is 30.7 Å². The molecule has 0 aliphatic heterocycles. The molecule has 4 aromatic rings. The number of benzene rings is 2. The molecule has 1 saturated carbocycles. The largest absolute Gasteiger partial charge is 0.396 e. The van der Waals surface area contributed by atoms with Crippen molar-refractivity contribution in [2.45, 2.75) is 38.8 Å². The first-order chi connectivity index (χ1) is 17.4. The minimum atomic E-state index is -2.92. The second-order valence-electron chi connectivity index (χ2n) is 9.22. The molecule has 0 saturated heterocycles. The molecule has 2 atom stereocenters. The number of aliphatic hydroxyl groups is 1. The zero-order chi connectivity index (χ0) is 25.4. The number of aliphatic hydroxyl groups excluding tert-OH is 1. The summed E-state index contributed by atoms with van der Waals surface area (Å²) in [4.78, 5) is 9.18. The van der Waals surface area contributed by atoms with Gasteiger partial charge in [0.25, 0.3) is 5.92 Å². The summed E-state index contributed by atoms with van der Waals surface area (Å²) in [7, 11) is 0. The number of rotatable bonds is 9. The summed E-state index contributed by atoms with van der Waals surface area (Å²) in [6, 6.07) is 15.9. The number of hydrogen-bond donors (Lipinski definition) is 2. The third-order valence-electron chi connectivity index (χ3n) is 6.94. The molecule has 2 aromatic carbocycles. The molecular formula is C27H27F2N5O2. The molecule has 0 bridgehead atoms. The number of anilines is 1. The highest BCUT2D eigenvalue weighted by Crippen LogP contribution is 2.56. The summed E-state index contributed by atoms with van der Waals surface area (Å²) in [6.07, 6.45) is 1.05. The maximum Gasteiger partial charge on any atom is 0.258 e. The van der Waals surface area contributed by atoms with E-state index in [1.807, 2.05) is 49.4 Å². The van der Waals surface area contributed by atoms with Crippen molar-refractivity contribution in [2.75, 3.05) is 18.9 Å². The van der Waals surface area contributed by atoms with Gasteiger partial charge in [-0.05, 0) is 36.1 Å². The van der Waals surface area contributed by atoms with Crippen molar-refractivity contribution in [3.63, 3.8) is 0 Å². The van der Waals surface area contributed by atoms with Crippen molar-refractivity contribution < 1.29 is 18.6 Å². The van der Waals surface area contributed by atoms with E-state index in [1.165, 1.54) is 0 Å². The van der Waals surface area contributed by atoms with Gasteiger partial charge >= 0.3 is 0 Å². The Morgan fingerprint density at radius 3 is 2.50 bits per heavy atom.